The maximum atomic E-state index is 11.9. The molecule has 0 fully saturated rings. The Balaban J connectivity index is 3.14. The van der Waals surface area contributed by atoms with Crippen LogP contribution in [0.1, 0.15) is 232 Å². The van der Waals surface area contributed by atoms with Gasteiger partial charge in [0.05, 0.1) is 0 Å². The maximum Gasteiger partial charge on any atom is 0.697 e. The van der Waals surface area contributed by atoms with Gasteiger partial charge in [0.2, 0.25) is 0 Å². The molecule has 0 rings (SSSR count). The molecule has 0 aliphatic carbocycles. The molecule has 0 radical (unpaired) electrons. The van der Waals surface area contributed by atoms with Crippen molar-refractivity contribution in [3.05, 3.63) is 0 Å². The Morgan fingerprint density at radius 3 is 0.643 bits per heavy atom. The molecular weight excluding hydrogens is 535 g/mol. The average molecular weight is 614 g/mol. The van der Waals surface area contributed by atoms with E-state index in [0.717, 1.165) is 12.8 Å². The van der Waals surface area contributed by atoms with Crippen molar-refractivity contribution in [1.29, 1.82) is 0 Å². The van der Waals surface area contributed by atoms with Crippen LogP contribution in [0, 0.1) is 0 Å². The lowest BCUT2D eigenvalue weighted by molar-refractivity contribution is 0.218. The molecule has 0 N–H and O–H groups in total. The lowest BCUT2D eigenvalue weighted by Gasteiger charge is -2.03. The van der Waals surface area contributed by atoms with Crippen molar-refractivity contribution in [2.75, 3.05) is 13.2 Å². The SMILES string of the molecule is CCCCCCCCCCCCCCCCCCCO[P+](=O)OCCCCCCCCCCCCCCCCCCC. The molecule has 0 aliphatic heterocycles. The Bertz CT molecular complexity index is 457. The predicted octanol–water partition coefficient (Wildman–Crippen LogP) is 15.0. The Labute approximate surface area is 266 Å². The van der Waals surface area contributed by atoms with Crippen molar-refractivity contribution in [1.82, 2.24) is 0 Å². The molecular formula is C38H78O3P+. The first kappa shape index (κ1) is 42.0. The standard InChI is InChI=1S/C38H78O3P/c1-3-5-7-9-11-13-15-17-19-21-23-25-27-29-31-33-35-37-40-42(39)41-38-36-34-32-30-28-26-24-22-20-18-16-14-12-10-8-6-4-2/h3-38H2,1-2H3/q+1. The minimum Gasteiger partial charge on any atom is -0.119 e. The fraction of sp³-hybridized carbons (Fsp3) is 1.00. The fourth-order valence-corrected chi connectivity index (χ4v) is 6.60. The van der Waals surface area contributed by atoms with E-state index in [2.05, 4.69) is 13.8 Å². The molecule has 0 saturated heterocycles. The normalized spacial score (nSPS) is 11.5. The summed E-state index contributed by atoms with van der Waals surface area (Å²) in [6.45, 7) is 5.74. The van der Waals surface area contributed by atoms with Gasteiger partial charge in [0.1, 0.15) is 13.2 Å². The van der Waals surface area contributed by atoms with Crippen LogP contribution >= 0.6 is 8.25 Å². The van der Waals surface area contributed by atoms with Gasteiger partial charge in [-0.2, -0.15) is 0 Å². The number of hydrogen-bond acceptors (Lipinski definition) is 3. The highest BCUT2D eigenvalue weighted by Crippen LogP contribution is 2.25. The van der Waals surface area contributed by atoms with Crippen LogP contribution < -0.4 is 0 Å². The second-order valence-corrected chi connectivity index (χ2v) is 14.2. The third-order valence-electron chi connectivity index (χ3n) is 8.89. The van der Waals surface area contributed by atoms with Gasteiger partial charge in [-0.25, -0.2) is 0 Å². The van der Waals surface area contributed by atoms with Crippen molar-refractivity contribution < 1.29 is 13.6 Å². The van der Waals surface area contributed by atoms with Crippen molar-refractivity contribution in [3.63, 3.8) is 0 Å². The number of rotatable bonds is 38. The van der Waals surface area contributed by atoms with Gasteiger partial charge in [0, 0.05) is 4.57 Å². The van der Waals surface area contributed by atoms with Crippen molar-refractivity contribution in [2.45, 2.75) is 232 Å². The molecule has 0 unspecified atom stereocenters. The van der Waals surface area contributed by atoms with E-state index < -0.39 is 8.25 Å². The molecule has 0 bridgehead atoms. The minimum atomic E-state index is -1.92. The summed E-state index contributed by atoms with van der Waals surface area (Å²) in [5, 5.41) is 0. The van der Waals surface area contributed by atoms with E-state index in [9.17, 15) is 4.57 Å². The molecule has 0 aliphatic rings. The van der Waals surface area contributed by atoms with Gasteiger partial charge in [0.15, 0.2) is 0 Å². The first-order valence-electron chi connectivity index (χ1n) is 19.5. The monoisotopic (exact) mass is 614 g/mol. The first-order chi connectivity index (χ1) is 20.8. The summed E-state index contributed by atoms with van der Waals surface area (Å²) in [4.78, 5) is 0. The molecule has 0 atom stereocenters. The van der Waals surface area contributed by atoms with Crippen molar-refractivity contribution in [2.24, 2.45) is 0 Å². The van der Waals surface area contributed by atoms with Crippen LogP contribution in [0.15, 0.2) is 0 Å². The summed E-state index contributed by atoms with van der Waals surface area (Å²) in [6, 6.07) is 0. The topological polar surface area (TPSA) is 35.5 Å². The molecule has 252 valence electrons. The Hall–Kier alpha value is 0.0200. The molecule has 3 nitrogen and oxygen atoms in total. The zero-order valence-electron chi connectivity index (χ0n) is 29.1. The molecule has 0 amide bonds. The highest BCUT2D eigenvalue weighted by Gasteiger charge is 2.18. The zero-order valence-corrected chi connectivity index (χ0v) is 30.0. The van der Waals surface area contributed by atoms with Gasteiger partial charge in [-0.3, -0.25) is 0 Å². The highest BCUT2D eigenvalue weighted by atomic mass is 31.1. The van der Waals surface area contributed by atoms with Gasteiger partial charge >= 0.3 is 8.25 Å². The number of hydrogen-bond donors (Lipinski definition) is 0. The van der Waals surface area contributed by atoms with Gasteiger partial charge in [-0.15, -0.1) is 9.05 Å². The molecule has 0 heterocycles. The van der Waals surface area contributed by atoms with E-state index in [-0.39, 0.29) is 0 Å². The van der Waals surface area contributed by atoms with Gasteiger partial charge in [-0.1, -0.05) is 219 Å². The van der Waals surface area contributed by atoms with Crippen LogP contribution in [0.3, 0.4) is 0 Å². The summed E-state index contributed by atoms with van der Waals surface area (Å²) in [5.41, 5.74) is 0. The summed E-state index contributed by atoms with van der Waals surface area (Å²) in [7, 11) is -1.92. The van der Waals surface area contributed by atoms with Crippen LogP contribution in [0.4, 0.5) is 0 Å². The van der Waals surface area contributed by atoms with Crippen molar-refractivity contribution >= 4 is 8.25 Å². The van der Waals surface area contributed by atoms with E-state index in [1.165, 1.54) is 205 Å². The summed E-state index contributed by atoms with van der Waals surface area (Å²) in [5.74, 6) is 0. The average Bonchev–Trinajstić information content (AvgIpc) is 3.00. The summed E-state index contributed by atoms with van der Waals surface area (Å²) < 4.78 is 22.7. The molecule has 0 aromatic heterocycles. The van der Waals surface area contributed by atoms with Crippen LogP contribution in [-0.4, -0.2) is 13.2 Å². The molecule has 0 saturated carbocycles. The first-order valence-corrected chi connectivity index (χ1v) is 20.6. The number of unbranched alkanes of at least 4 members (excludes halogenated alkanes) is 32. The second kappa shape index (κ2) is 39.0. The zero-order chi connectivity index (χ0) is 30.4. The highest BCUT2D eigenvalue weighted by molar-refractivity contribution is 7.33. The quantitative estimate of drug-likeness (QED) is 0.0513. The largest absolute Gasteiger partial charge is 0.697 e. The Kier molecular flexibility index (Phi) is 39.1. The molecule has 0 aromatic rings. The van der Waals surface area contributed by atoms with Crippen LogP contribution in [-0.2, 0) is 13.6 Å². The van der Waals surface area contributed by atoms with Crippen molar-refractivity contribution in [3.8, 4) is 0 Å². The van der Waals surface area contributed by atoms with Crippen LogP contribution in [0.5, 0.6) is 0 Å². The Morgan fingerprint density at radius 1 is 0.286 bits per heavy atom. The third-order valence-corrected chi connectivity index (χ3v) is 9.68. The lowest BCUT2D eigenvalue weighted by atomic mass is 10.0. The van der Waals surface area contributed by atoms with E-state index in [4.69, 9.17) is 9.05 Å². The predicted molar refractivity (Wildman–Crippen MR) is 188 cm³/mol. The smallest absolute Gasteiger partial charge is 0.119 e. The van der Waals surface area contributed by atoms with Gasteiger partial charge < -0.3 is 0 Å². The van der Waals surface area contributed by atoms with Crippen LogP contribution in [0.2, 0.25) is 0 Å². The second-order valence-electron chi connectivity index (χ2n) is 13.2. The molecule has 42 heavy (non-hydrogen) atoms. The van der Waals surface area contributed by atoms with E-state index in [1.807, 2.05) is 0 Å². The molecule has 0 spiro atoms. The van der Waals surface area contributed by atoms with Gasteiger partial charge in [0.25, 0.3) is 0 Å². The van der Waals surface area contributed by atoms with Crippen LogP contribution in [0.25, 0.3) is 0 Å². The lowest BCUT2D eigenvalue weighted by Crippen LogP contribution is -1.92. The minimum absolute atomic E-state index is 0.576. The maximum absolute atomic E-state index is 11.9. The molecule has 0 aromatic carbocycles. The summed E-state index contributed by atoms with van der Waals surface area (Å²) >= 11 is 0. The Morgan fingerprint density at radius 2 is 0.452 bits per heavy atom. The van der Waals surface area contributed by atoms with E-state index in [1.54, 1.807) is 0 Å². The summed E-state index contributed by atoms with van der Waals surface area (Å²) in [6.07, 6.45) is 46.6. The third kappa shape index (κ3) is 38.0. The van der Waals surface area contributed by atoms with Gasteiger partial charge in [-0.05, 0) is 12.8 Å². The molecule has 4 heteroatoms. The fourth-order valence-electron chi connectivity index (χ4n) is 5.97. The van der Waals surface area contributed by atoms with E-state index >= 15 is 0 Å². The van der Waals surface area contributed by atoms with E-state index in [0.29, 0.717) is 13.2 Å².